The Morgan fingerprint density at radius 2 is 2.37 bits per heavy atom. The summed E-state index contributed by atoms with van der Waals surface area (Å²) in [5.41, 5.74) is 0.207. The van der Waals surface area contributed by atoms with Crippen LogP contribution in [0.1, 0.15) is 36.5 Å². The molecule has 104 valence electrons. The number of aromatic amines is 1. The number of ether oxygens (including phenoxy) is 2. The minimum absolute atomic E-state index is 0.165. The molecule has 1 aliphatic heterocycles. The van der Waals surface area contributed by atoms with Gasteiger partial charge < -0.3 is 14.8 Å². The fourth-order valence-electron chi connectivity index (χ4n) is 1.88. The number of esters is 1. The Balaban J connectivity index is 2.08. The third-order valence-corrected chi connectivity index (χ3v) is 2.84. The van der Waals surface area contributed by atoms with Gasteiger partial charge in [0.1, 0.15) is 5.56 Å². The first-order chi connectivity index (χ1) is 9.22. The van der Waals surface area contributed by atoms with E-state index in [9.17, 15) is 9.59 Å². The molecule has 1 fully saturated rings. The number of hydrogen-bond donors (Lipinski definition) is 2. The van der Waals surface area contributed by atoms with Crippen LogP contribution in [0.2, 0.25) is 0 Å². The predicted molar refractivity (Wildman–Crippen MR) is 65.8 cm³/mol. The molecule has 1 amide bonds. The highest BCUT2D eigenvalue weighted by Gasteiger charge is 2.25. The van der Waals surface area contributed by atoms with Crippen LogP contribution in [-0.4, -0.2) is 41.3 Å². The average molecular weight is 267 g/mol. The topological polar surface area (TPSA) is 93.3 Å². The number of rotatable bonds is 4. The fraction of sp³-hybridized carbons (Fsp3) is 0.583. The molecule has 0 saturated carbocycles. The Hall–Kier alpha value is -2.05. The summed E-state index contributed by atoms with van der Waals surface area (Å²) in [6, 6.07) is 0. The normalized spacial score (nSPS) is 19.4. The Morgan fingerprint density at radius 3 is 3.16 bits per heavy atom. The first kappa shape index (κ1) is 13.4. The molecular formula is C12H17N3O4. The highest BCUT2D eigenvalue weighted by Crippen LogP contribution is 2.19. The second-order valence-electron chi connectivity index (χ2n) is 4.23. The van der Waals surface area contributed by atoms with Gasteiger partial charge in [-0.2, -0.15) is 5.10 Å². The van der Waals surface area contributed by atoms with Crippen molar-refractivity contribution in [3.05, 3.63) is 11.8 Å². The zero-order chi connectivity index (χ0) is 13.7. The van der Waals surface area contributed by atoms with E-state index in [4.69, 9.17) is 9.47 Å². The largest absolute Gasteiger partial charge is 0.464 e. The summed E-state index contributed by atoms with van der Waals surface area (Å²) in [6.07, 6.45) is 3.18. The van der Waals surface area contributed by atoms with Crippen molar-refractivity contribution in [2.24, 2.45) is 0 Å². The SMILES string of the molecule is CCOC(=O)c1cn[nH]c1OC1CCCCNC1=O. The van der Waals surface area contributed by atoms with E-state index in [0.29, 0.717) is 13.0 Å². The average Bonchev–Trinajstić information content (AvgIpc) is 2.76. The lowest BCUT2D eigenvalue weighted by Crippen LogP contribution is -2.36. The van der Waals surface area contributed by atoms with Crippen molar-refractivity contribution in [1.82, 2.24) is 15.5 Å². The lowest BCUT2D eigenvalue weighted by Gasteiger charge is -2.15. The third kappa shape index (κ3) is 3.24. The maximum atomic E-state index is 11.8. The molecule has 1 aromatic rings. The van der Waals surface area contributed by atoms with Crippen LogP contribution in [0.5, 0.6) is 5.88 Å². The highest BCUT2D eigenvalue weighted by atomic mass is 16.5. The van der Waals surface area contributed by atoms with Crippen molar-refractivity contribution in [2.45, 2.75) is 32.3 Å². The number of hydrogen-bond acceptors (Lipinski definition) is 5. The van der Waals surface area contributed by atoms with Crippen molar-refractivity contribution in [3.8, 4) is 5.88 Å². The summed E-state index contributed by atoms with van der Waals surface area (Å²) >= 11 is 0. The highest BCUT2D eigenvalue weighted by molar-refractivity contribution is 5.91. The van der Waals surface area contributed by atoms with Crippen LogP contribution in [0.15, 0.2) is 6.20 Å². The first-order valence-corrected chi connectivity index (χ1v) is 6.37. The smallest absolute Gasteiger partial charge is 0.345 e. The molecule has 0 radical (unpaired) electrons. The Labute approximate surface area is 110 Å². The van der Waals surface area contributed by atoms with E-state index in [0.717, 1.165) is 12.8 Å². The molecule has 0 bridgehead atoms. The lowest BCUT2D eigenvalue weighted by atomic mass is 10.2. The van der Waals surface area contributed by atoms with Crippen molar-refractivity contribution in [3.63, 3.8) is 0 Å². The summed E-state index contributed by atoms with van der Waals surface area (Å²) in [4.78, 5) is 23.4. The summed E-state index contributed by atoms with van der Waals surface area (Å²) < 4.78 is 10.4. The second-order valence-corrected chi connectivity index (χ2v) is 4.23. The molecule has 1 unspecified atom stereocenters. The number of H-pyrrole nitrogens is 1. The van der Waals surface area contributed by atoms with Gasteiger partial charge in [0.25, 0.3) is 5.91 Å². The predicted octanol–water partition coefficient (Wildman–Crippen LogP) is 0.634. The molecule has 7 nitrogen and oxygen atoms in total. The monoisotopic (exact) mass is 267 g/mol. The van der Waals surface area contributed by atoms with Crippen LogP contribution in [-0.2, 0) is 9.53 Å². The molecular weight excluding hydrogens is 250 g/mol. The molecule has 0 aromatic carbocycles. The van der Waals surface area contributed by atoms with E-state index >= 15 is 0 Å². The zero-order valence-corrected chi connectivity index (χ0v) is 10.8. The second kappa shape index (κ2) is 6.21. The molecule has 1 aromatic heterocycles. The van der Waals surface area contributed by atoms with Gasteiger partial charge in [0.15, 0.2) is 6.10 Å². The minimum atomic E-state index is -0.601. The van der Waals surface area contributed by atoms with E-state index in [2.05, 4.69) is 15.5 Å². The number of amides is 1. The molecule has 7 heteroatoms. The van der Waals surface area contributed by atoms with E-state index < -0.39 is 12.1 Å². The Morgan fingerprint density at radius 1 is 1.53 bits per heavy atom. The van der Waals surface area contributed by atoms with Crippen molar-refractivity contribution in [2.75, 3.05) is 13.2 Å². The molecule has 1 atom stereocenters. The molecule has 1 saturated heterocycles. The summed E-state index contributed by atoms with van der Waals surface area (Å²) in [5.74, 6) is -0.498. The quantitative estimate of drug-likeness (QED) is 0.781. The maximum absolute atomic E-state index is 11.8. The van der Waals surface area contributed by atoms with Gasteiger partial charge in [-0.1, -0.05) is 0 Å². The van der Waals surface area contributed by atoms with Crippen LogP contribution in [0.25, 0.3) is 0 Å². The van der Waals surface area contributed by atoms with Crippen molar-refractivity contribution >= 4 is 11.9 Å². The number of carbonyl (C=O) groups is 2. The van der Waals surface area contributed by atoms with E-state index in [1.54, 1.807) is 6.92 Å². The number of aromatic nitrogens is 2. The minimum Gasteiger partial charge on any atom is -0.464 e. The number of nitrogens with one attached hydrogen (secondary N) is 2. The van der Waals surface area contributed by atoms with Crippen LogP contribution < -0.4 is 10.1 Å². The molecule has 0 spiro atoms. The van der Waals surface area contributed by atoms with Gasteiger partial charge in [0.05, 0.1) is 12.8 Å². The molecule has 2 heterocycles. The van der Waals surface area contributed by atoms with E-state index in [-0.39, 0.29) is 24.0 Å². The maximum Gasteiger partial charge on any atom is 0.345 e. The molecule has 2 N–H and O–H groups in total. The molecule has 19 heavy (non-hydrogen) atoms. The Kier molecular flexibility index (Phi) is 4.38. The Bertz CT molecular complexity index is 458. The number of carbonyl (C=O) groups excluding carboxylic acids is 2. The van der Waals surface area contributed by atoms with E-state index in [1.165, 1.54) is 6.20 Å². The van der Waals surface area contributed by atoms with Gasteiger partial charge in [-0.05, 0) is 26.2 Å². The standard InChI is InChI=1S/C12H17N3O4/c1-2-18-12(17)8-7-14-15-11(8)19-9-5-3-4-6-13-10(9)16/h7,9H,2-6H2,1H3,(H,13,16)(H,14,15). The van der Waals surface area contributed by atoms with Gasteiger partial charge >= 0.3 is 5.97 Å². The van der Waals surface area contributed by atoms with Crippen molar-refractivity contribution < 1.29 is 19.1 Å². The fourth-order valence-corrected chi connectivity index (χ4v) is 1.88. The van der Waals surface area contributed by atoms with Crippen molar-refractivity contribution in [1.29, 1.82) is 0 Å². The summed E-state index contributed by atoms with van der Waals surface area (Å²) in [7, 11) is 0. The van der Waals surface area contributed by atoms with Crippen LogP contribution in [0.3, 0.4) is 0 Å². The third-order valence-electron chi connectivity index (χ3n) is 2.84. The van der Waals surface area contributed by atoms with Crippen LogP contribution in [0.4, 0.5) is 0 Å². The molecule has 0 aliphatic carbocycles. The van der Waals surface area contributed by atoms with E-state index in [1.807, 2.05) is 0 Å². The van der Waals surface area contributed by atoms with Gasteiger partial charge in [-0.25, -0.2) is 9.89 Å². The summed E-state index contributed by atoms with van der Waals surface area (Å²) in [6.45, 7) is 2.65. The molecule has 1 aliphatic rings. The van der Waals surface area contributed by atoms with Crippen LogP contribution >= 0.6 is 0 Å². The number of nitrogens with zero attached hydrogens (tertiary/aromatic N) is 1. The van der Waals surface area contributed by atoms with Gasteiger partial charge in [-0.15, -0.1) is 0 Å². The molecule has 2 rings (SSSR count). The van der Waals surface area contributed by atoms with Gasteiger partial charge in [0, 0.05) is 6.54 Å². The first-order valence-electron chi connectivity index (χ1n) is 6.37. The zero-order valence-electron chi connectivity index (χ0n) is 10.8. The lowest BCUT2D eigenvalue weighted by molar-refractivity contribution is -0.127. The summed E-state index contributed by atoms with van der Waals surface area (Å²) in [5, 5.41) is 9.10. The van der Waals surface area contributed by atoms with Gasteiger partial charge in [0.2, 0.25) is 5.88 Å². The van der Waals surface area contributed by atoms with Crippen LogP contribution in [0, 0.1) is 0 Å². The van der Waals surface area contributed by atoms with Gasteiger partial charge in [-0.3, -0.25) is 4.79 Å².